The molecular formula is C29H42N6O2. The number of carbonyl (C=O) groups excluding carboxylic acids is 2. The lowest BCUT2D eigenvalue weighted by Crippen LogP contribution is -2.49. The smallest absolute Gasteiger partial charge is 0.235 e. The van der Waals surface area contributed by atoms with Gasteiger partial charge in [0.2, 0.25) is 11.8 Å². The molecule has 2 amide bonds. The third-order valence-electron chi connectivity index (χ3n) is 9.95. The number of fused-ring (bicyclic) bond motifs is 1. The zero-order valence-electron chi connectivity index (χ0n) is 22.5. The first kappa shape index (κ1) is 24.9. The van der Waals surface area contributed by atoms with Crippen molar-refractivity contribution in [3.8, 4) is 0 Å². The number of anilines is 1. The van der Waals surface area contributed by atoms with Gasteiger partial charge in [-0.15, -0.1) is 0 Å². The molecule has 0 bridgehead atoms. The van der Waals surface area contributed by atoms with E-state index >= 15 is 0 Å². The van der Waals surface area contributed by atoms with Crippen LogP contribution < -0.4 is 15.5 Å². The number of nitrogens with one attached hydrogen (secondary N) is 2. The van der Waals surface area contributed by atoms with Crippen molar-refractivity contribution < 1.29 is 9.59 Å². The number of likely N-dealkylation sites (tertiary alicyclic amines) is 1. The molecule has 2 N–H and O–H groups in total. The van der Waals surface area contributed by atoms with Crippen LogP contribution in [0, 0.1) is 17.3 Å². The highest BCUT2D eigenvalue weighted by Gasteiger charge is 2.37. The molecule has 0 radical (unpaired) electrons. The summed E-state index contributed by atoms with van der Waals surface area (Å²) in [5.41, 5.74) is 3.70. The van der Waals surface area contributed by atoms with Gasteiger partial charge in [-0.05, 0) is 100 Å². The molecule has 8 nitrogen and oxygen atoms in total. The zero-order chi connectivity index (χ0) is 25.6. The number of benzene rings is 1. The van der Waals surface area contributed by atoms with Crippen LogP contribution in [0.4, 0.5) is 5.69 Å². The third kappa shape index (κ3) is 4.90. The van der Waals surface area contributed by atoms with Gasteiger partial charge in [0.05, 0.1) is 17.1 Å². The first-order valence-corrected chi connectivity index (χ1v) is 14.4. The third-order valence-corrected chi connectivity index (χ3v) is 9.95. The summed E-state index contributed by atoms with van der Waals surface area (Å²) in [6, 6.07) is 6.54. The summed E-state index contributed by atoms with van der Waals surface area (Å²) in [6.45, 7) is 10.8. The molecule has 1 aromatic heterocycles. The second-order valence-corrected chi connectivity index (χ2v) is 12.2. The molecule has 4 fully saturated rings. The fourth-order valence-corrected chi connectivity index (χ4v) is 7.38. The molecule has 8 heteroatoms. The first-order chi connectivity index (χ1) is 17.9. The Morgan fingerprint density at radius 1 is 1.05 bits per heavy atom. The van der Waals surface area contributed by atoms with E-state index in [4.69, 9.17) is 5.10 Å². The molecule has 4 aliphatic rings. The summed E-state index contributed by atoms with van der Waals surface area (Å²) in [7, 11) is 1.95. The number of hydrogen-bond donors (Lipinski definition) is 2. The van der Waals surface area contributed by atoms with Crippen molar-refractivity contribution in [2.45, 2.75) is 57.8 Å². The van der Waals surface area contributed by atoms with Crippen LogP contribution in [0.1, 0.15) is 63.5 Å². The van der Waals surface area contributed by atoms with E-state index < -0.39 is 0 Å². The van der Waals surface area contributed by atoms with Crippen molar-refractivity contribution in [1.29, 1.82) is 0 Å². The van der Waals surface area contributed by atoms with Gasteiger partial charge in [-0.3, -0.25) is 19.6 Å². The van der Waals surface area contributed by atoms with Gasteiger partial charge < -0.3 is 15.1 Å². The molecule has 37 heavy (non-hydrogen) atoms. The first-order valence-electron chi connectivity index (χ1n) is 14.4. The number of nitrogens with zero attached hydrogens (tertiary/aromatic N) is 4. The number of piperidine rings is 4. The number of rotatable bonds is 4. The van der Waals surface area contributed by atoms with Gasteiger partial charge in [0.1, 0.15) is 0 Å². The zero-order valence-corrected chi connectivity index (χ0v) is 22.5. The highest BCUT2D eigenvalue weighted by Crippen LogP contribution is 2.40. The van der Waals surface area contributed by atoms with Gasteiger partial charge in [0.25, 0.3) is 0 Å². The van der Waals surface area contributed by atoms with Crippen LogP contribution in [0.3, 0.4) is 0 Å². The minimum Gasteiger partial charge on any atom is -0.371 e. The fraction of sp³-hybridized carbons (Fsp3) is 0.690. The molecule has 2 aromatic rings. The normalized spacial score (nSPS) is 29.1. The average Bonchev–Trinajstić information content (AvgIpc) is 3.22. The Balaban J connectivity index is 1.09. The van der Waals surface area contributed by atoms with Gasteiger partial charge >= 0.3 is 0 Å². The molecule has 6 rings (SSSR count). The Morgan fingerprint density at radius 3 is 2.57 bits per heavy atom. The maximum absolute atomic E-state index is 12.5. The summed E-state index contributed by atoms with van der Waals surface area (Å²) in [6.07, 6.45) is 7.63. The second-order valence-electron chi connectivity index (χ2n) is 12.2. The standard InChI is InChI=1S/C29H42N6O2/c1-20-18-35(14-7-21(20)19-34-15-10-29(11-16-34)8-12-30-13-9-29)22-3-4-23-25(17-22)33(2)32-27(23)24-5-6-26(36)31-28(24)37/h3-4,17,20-21,24,30H,5-16,18-19H2,1-2H3,(H,31,36,37)/t20-,21-,24?/m0/s1. The predicted octanol–water partition coefficient (Wildman–Crippen LogP) is 3.02. The average molecular weight is 507 g/mol. The Morgan fingerprint density at radius 2 is 1.84 bits per heavy atom. The van der Waals surface area contributed by atoms with Gasteiger partial charge in [0.15, 0.2) is 0 Å². The fourth-order valence-electron chi connectivity index (χ4n) is 7.38. The molecular weight excluding hydrogens is 464 g/mol. The van der Waals surface area contributed by atoms with Crippen molar-refractivity contribution in [2.24, 2.45) is 24.3 Å². The maximum Gasteiger partial charge on any atom is 0.235 e. The van der Waals surface area contributed by atoms with E-state index in [2.05, 4.69) is 45.6 Å². The van der Waals surface area contributed by atoms with Gasteiger partial charge in [-0.1, -0.05) is 6.92 Å². The van der Waals surface area contributed by atoms with Crippen LogP contribution in [-0.2, 0) is 16.6 Å². The molecule has 5 heterocycles. The van der Waals surface area contributed by atoms with E-state index in [1.54, 1.807) is 0 Å². The highest BCUT2D eigenvalue weighted by molar-refractivity contribution is 6.02. The SMILES string of the molecule is C[C@H]1CN(c2ccc3c(C4CCC(=O)NC4=O)nn(C)c3c2)CC[C@H]1CN1CCC2(CCNCC2)CC1. The summed E-state index contributed by atoms with van der Waals surface area (Å²) in [4.78, 5) is 29.3. The molecule has 1 aromatic carbocycles. The van der Waals surface area contributed by atoms with Crippen molar-refractivity contribution in [2.75, 3.05) is 50.7 Å². The van der Waals surface area contributed by atoms with Crippen molar-refractivity contribution in [1.82, 2.24) is 25.3 Å². The van der Waals surface area contributed by atoms with Gasteiger partial charge in [-0.25, -0.2) is 0 Å². The molecule has 0 aliphatic carbocycles. The molecule has 4 saturated heterocycles. The van der Waals surface area contributed by atoms with E-state index in [1.807, 2.05) is 11.7 Å². The topological polar surface area (TPSA) is 82.5 Å². The lowest BCUT2D eigenvalue weighted by Gasteiger charge is -2.46. The Labute approximate surface area is 220 Å². The molecule has 4 aliphatic heterocycles. The summed E-state index contributed by atoms with van der Waals surface area (Å²) < 4.78 is 1.89. The van der Waals surface area contributed by atoms with Crippen LogP contribution in [-0.4, -0.2) is 72.3 Å². The van der Waals surface area contributed by atoms with Gasteiger partial charge in [0, 0.05) is 44.2 Å². The largest absolute Gasteiger partial charge is 0.371 e. The van der Waals surface area contributed by atoms with E-state index in [-0.39, 0.29) is 17.7 Å². The quantitative estimate of drug-likeness (QED) is 0.621. The number of imide groups is 1. The van der Waals surface area contributed by atoms with E-state index in [1.165, 1.54) is 70.5 Å². The molecule has 1 unspecified atom stereocenters. The summed E-state index contributed by atoms with van der Waals surface area (Å²) in [5, 5.41) is 11.7. The summed E-state index contributed by atoms with van der Waals surface area (Å²) in [5.74, 6) is 0.647. The minimum absolute atomic E-state index is 0.188. The van der Waals surface area contributed by atoms with Crippen molar-refractivity contribution >= 4 is 28.4 Å². The highest BCUT2D eigenvalue weighted by atomic mass is 16.2. The van der Waals surface area contributed by atoms with Crippen LogP contribution in [0.25, 0.3) is 10.9 Å². The Hall–Kier alpha value is -2.45. The molecule has 0 saturated carbocycles. The lowest BCUT2D eigenvalue weighted by atomic mass is 9.71. The Kier molecular flexibility index (Phi) is 6.74. The van der Waals surface area contributed by atoms with E-state index in [0.29, 0.717) is 24.2 Å². The number of aryl methyl sites for hydroxylation is 1. The van der Waals surface area contributed by atoms with Crippen LogP contribution in [0.5, 0.6) is 0 Å². The number of amides is 2. The predicted molar refractivity (Wildman–Crippen MR) is 146 cm³/mol. The second kappa shape index (κ2) is 10.0. The number of aromatic nitrogens is 2. The van der Waals surface area contributed by atoms with Crippen molar-refractivity contribution in [3.63, 3.8) is 0 Å². The maximum atomic E-state index is 12.5. The van der Waals surface area contributed by atoms with Crippen LogP contribution >= 0.6 is 0 Å². The van der Waals surface area contributed by atoms with Crippen LogP contribution in [0.2, 0.25) is 0 Å². The Bertz CT molecular complexity index is 1160. The van der Waals surface area contributed by atoms with Gasteiger partial charge in [-0.2, -0.15) is 5.10 Å². The summed E-state index contributed by atoms with van der Waals surface area (Å²) >= 11 is 0. The lowest BCUT2D eigenvalue weighted by molar-refractivity contribution is -0.134. The van der Waals surface area contributed by atoms with Crippen molar-refractivity contribution in [3.05, 3.63) is 23.9 Å². The molecule has 1 spiro atoms. The number of hydrogen-bond acceptors (Lipinski definition) is 6. The minimum atomic E-state index is -0.359. The van der Waals surface area contributed by atoms with E-state index in [9.17, 15) is 9.59 Å². The molecule has 3 atom stereocenters. The molecule has 200 valence electrons. The van der Waals surface area contributed by atoms with E-state index in [0.717, 1.165) is 35.6 Å². The monoisotopic (exact) mass is 506 g/mol. The van der Waals surface area contributed by atoms with Crippen LogP contribution in [0.15, 0.2) is 18.2 Å². The number of carbonyl (C=O) groups is 2.